The van der Waals surface area contributed by atoms with Crippen LogP contribution in [0, 0.1) is 0 Å². The Morgan fingerprint density at radius 3 is 2.95 bits per heavy atom. The number of hydrogen-bond acceptors (Lipinski definition) is 2. The number of nitrogens with one attached hydrogen (secondary N) is 1. The first-order chi connectivity index (χ1) is 10.2. The number of amides is 3. The van der Waals surface area contributed by atoms with Crippen molar-refractivity contribution in [1.29, 1.82) is 0 Å². The van der Waals surface area contributed by atoms with Crippen molar-refractivity contribution in [3.63, 3.8) is 0 Å². The minimum absolute atomic E-state index is 0.0148. The van der Waals surface area contributed by atoms with Gasteiger partial charge >= 0.3 is 6.03 Å². The molecule has 3 aliphatic rings. The van der Waals surface area contributed by atoms with Gasteiger partial charge in [-0.25, -0.2) is 4.79 Å². The second kappa shape index (κ2) is 6.33. The standard InChI is InChI=1S/C16H23N3O2/c20-15(8-7-13-4-1-2-5-13)18-10-3-6-14(12-18)19-11-9-17-16(19)21/h4,7-8,14H,1-3,5-6,9-12H2,(H,17,21). The summed E-state index contributed by atoms with van der Waals surface area (Å²) < 4.78 is 0. The molecule has 0 radical (unpaired) electrons. The number of carbonyl (C=O) groups excluding carboxylic acids is 2. The molecule has 2 fully saturated rings. The van der Waals surface area contributed by atoms with Crippen LogP contribution < -0.4 is 5.32 Å². The van der Waals surface area contributed by atoms with Crippen LogP contribution in [-0.2, 0) is 4.79 Å². The molecule has 0 spiro atoms. The fourth-order valence-corrected chi connectivity index (χ4v) is 3.37. The van der Waals surface area contributed by atoms with E-state index in [1.54, 1.807) is 6.08 Å². The third-order valence-electron chi connectivity index (χ3n) is 4.55. The summed E-state index contributed by atoms with van der Waals surface area (Å²) in [6.07, 6.45) is 11.2. The minimum atomic E-state index is 0.0148. The molecular weight excluding hydrogens is 266 g/mol. The molecule has 2 heterocycles. The van der Waals surface area contributed by atoms with Gasteiger partial charge in [0.2, 0.25) is 5.91 Å². The second-order valence-electron chi connectivity index (χ2n) is 6.01. The molecule has 3 rings (SSSR count). The maximum atomic E-state index is 12.3. The van der Waals surface area contributed by atoms with E-state index < -0.39 is 0 Å². The number of piperidine rings is 1. The molecular formula is C16H23N3O2. The van der Waals surface area contributed by atoms with E-state index in [1.165, 1.54) is 12.0 Å². The topological polar surface area (TPSA) is 52.7 Å². The van der Waals surface area contributed by atoms with Gasteiger partial charge in [-0.3, -0.25) is 4.79 Å². The molecule has 1 atom stereocenters. The van der Waals surface area contributed by atoms with Crippen molar-refractivity contribution in [3.8, 4) is 0 Å². The summed E-state index contributed by atoms with van der Waals surface area (Å²) in [4.78, 5) is 27.8. The van der Waals surface area contributed by atoms with Gasteiger partial charge in [0.25, 0.3) is 0 Å². The molecule has 114 valence electrons. The zero-order chi connectivity index (χ0) is 14.7. The molecule has 2 saturated heterocycles. The van der Waals surface area contributed by atoms with Crippen LogP contribution in [0.2, 0.25) is 0 Å². The Morgan fingerprint density at radius 1 is 1.33 bits per heavy atom. The molecule has 0 bridgehead atoms. The van der Waals surface area contributed by atoms with Gasteiger partial charge in [0, 0.05) is 32.3 Å². The molecule has 0 aromatic carbocycles. The lowest BCUT2D eigenvalue weighted by molar-refractivity contribution is -0.127. The van der Waals surface area contributed by atoms with Gasteiger partial charge < -0.3 is 15.1 Å². The third-order valence-corrected chi connectivity index (χ3v) is 4.55. The Bertz CT molecular complexity index is 484. The maximum Gasteiger partial charge on any atom is 0.317 e. The zero-order valence-electron chi connectivity index (χ0n) is 12.4. The number of carbonyl (C=O) groups is 2. The van der Waals surface area contributed by atoms with E-state index in [0.29, 0.717) is 6.54 Å². The van der Waals surface area contributed by atoms with Crippen LogP contribution in [0.4, 0.5) is 4.79 Å². The molecule has 0 aromatic rings. The zero-order valence-corrected chi connectivity index (χ0v) is 12.4. The van der Waals surface area contributed by atoms with Gasteiger partial charge in [-0.15, -0.1) is 0 Å². The maximum absolute atomic E-state index is 12.3. The van der Waals surface area contributed by atoms with Crippen molar-refractivity contribution in [1.82, 2.24) is 15.1 Å². The van der Waals surface area contributed by atoms with Crippen LogP contribution in [0.15, 0.2) is 23.8 Å². The van der Waals surface area contributed by atoms with Crippen LogP contribution in [0.1, 0.15) is 32.1 Å². The highest BCUT2D eigenvalue weighted by Gasteiger charge is 2.32. The molecule has 5 heteroatoms. The second-order valence-corrected chi connectivity index (χ2v) is 6.01. The first-order valence-corrected chi connectivity index (χ1v) is 7.94. The van der Waals surface area contributed by atoms with Gasteiger partial charge in [-0.05, 0) is 32.1 Å². The number of hydrogen-bond donors (Lipinski definition) is 1. The average Bonchev–Trinajstić information content (AvgIpc) is 3.16. The summed E-state index contributed by atoms with van der Waals surface area (Å²) in [6.45, 7) is 2.94. The van der Waals surface area contributed by atoms with Crippen molar-refractivity contribution in [2.24, 2.45) is 0 Å². The first kappa shape index (κ1) is 14.2. The number of allylic oxidation sites excluding steroid dienone is 3. The SMILES string of the molecule is O=C(C=CC1=CCCC1)N1CCCC(N2CCNC2=O)C1. The largest absolute Gasteiger partial charge is 0.337 e. The first-order valence-electron chi connectivity index (χ1n) is 7.94. The highest BCUT2D eigenvalue weighted by Crippen LogP contribution is 2.20. The molecule has 2 aliphatic heterocycles. The number of rotatable bonds is 3. The van der Waals surface area contributed by atoms with Gasteiger partial charge in [0.1, 0.15) is 0 Å². The van der Waals surface area contributed by atoms with Crippen LogP contribution in [0.25, 0.3) is 0 Å². The van der Waals surface area contributed by atoms with Crippen molar-refractivity contribution < 1.29 is 9.59 Å². The number of urea groups is 1. The van der Waals surface area contributed by atoms with Crippen molar-refractivity contribution in [2.45, 2.75) is 38.1 Å². The van der Waals surface area contributed by atoms with Gasteiger partial charge in [-0.2, -0.15) is 0 Å². The van der Waals surface area contributed by atoms with Gasteiger partial charge in [-0.1, -0.05) is 17.7 Å². The Morgan fingerprint density at radius 2 is 2.24 bits per heavy atom. The van der Waals surface area contributed by atoms with Crippen LogP contribution >= 0.6 is 0 Å². The van der Waals surface area contributed by atoms with E-state index >= 15 is 0 Å². The predicted octanol–water partition coefficient (Wildman–Crippen LogP) is 1.67. The summed E-state index contributed by atoms with van der Waals surface area (Å²) in [6, 6.07) is 0.185. The van der Waals surface area contributed by atoms with E-state index in [2.05, 4.69) is 11.4 Å². The Balaban J connectivity index is 1.57. The summed E-state index contributed by atoms with van der Waals surface area (Å²) in [7, 11) is 0. The van der Waals surface area contributed by atoms with E-state index in [9.17, 15) is 9.59 Å². The lowest BCUT2D eigenvalue weighted by Gasteiger charge is -2.36. The van der Waals surface area contributed by atoms with E-state index in [4.69, 9.17) is 0 Å². The molecule has 0 aromatic heterocycles. The molecule has 1 unspecified atom stereocenters. The molecule has 1 N–H and O–H groups in total. The molecule has 5 nitrogen and oxygen atoms in total. The normalized spacial score (nSPS) is 26.4. The Labute approximate surface area is 125 Å². The molecule has 21 heavy (non-hydrogen) atoms. The Kier molecular flexibility index (Phi) is 4.27. The number of nitrogens with zero attached hydrogens (tertiary/aromatic N) is 2. The van der Waals surface area contributed by atoms with Gasteiger partial charge in [0.15, 0.2) is 0 Å². The van der Waals surface area contributed by atoms with E-state index in [0.717, 1.165) is 45.3 Å². The highest BCUT2D eigenvalue weighted by molar-refractivity contribution is 5.88. The predicted molar refractivity (Wildman–Crippen MR) is 80.8 cm³/mol. The lowest BCUT2D eigenvalue weighted by atomic mass is 10.0. The summed E-state index contributed by atoms with van der Waals surface area (Å²) >= 11 is 0. The monoisotopic (exact) mass is 289 g/mol. The summed E-state index contributed by atoms with van der Waals surface area (Å²) in [5.74, 6) is 0.0760. The van der Waals surface area contributed by atoms with Crippen molar-refractivity contribution >= 4 is 11.9 Å². The fraction of sp³-hybridized carbons (Fsp3) is 0.625. The average molecular weight is 289 g/mol. The molecule has 1 aliphatic carbocycles. The Hall–Kier alpha value is -1.78. The highest BCUT2D eigenvalue weighted by atomic mass is 16.2. The van der Waals surface area contributed by atoms with Crippen molar-refractivity contribution in [3.05, 3.63) is 23.8 Å². The fourth-order valence-electron chi connectivity index (χ4n) is 3.37. The van der Waals surface area contributed by atoms with Crippen LogP contribution in [0.5, 0.6) is 0 Å². The quantitative estimate of drug-likeness (QED) is 0.804. The summed E-state index contributed by atoms with van der Waals surface area (Å²) in [5, 5.41) is 2.84. The summed E-state index contributed by atoms with van der Waals surface area (Å²) in [5.41, 5.74) is 1.27. The van der Waals surface area contributed by atoms with Crippen molar-refractivity contribution in [2.75, 3.05) is 26.2 Å². The third kappa shape index (κ3) is 3.28. The van der Waals surface area contributed by atoms with E-state index in [-0.39, 0.29) is 18.0 Å². The minimum Gasteiger partial charge on any atom is -0.337 e. The lowest BCUT2D eigenvalue weighted by Crippen LogP contribution is -2.50. The number of likely N-dealkylation sites (tertiary alicyclic amines) is 1. The molecule has 3 amide bonds. The van der Waals surface area contributed by atoms with Crippen LogP contribution in [-0.4, -0.2) is 54.0 Å². The van der Waals surface area contributed by atoms with Gasteiger partial charge in [0.05, 0.1) is 6.04 Å². The molecule has 0 saturated carbocycles. The smallest absolute Gasteiger partial charge is 0.317 e. The van der Waals surface area contributed by atoms with Crippen LogP contribution in [0.3, 0.4) is 0 Å². The van der Waals surface area contributed by atoms with E-state index in [1.807, 2.05) is 15.9 Å².